The second-order valence-corrected chi connectivity index (χ2v) is 6.82. The summed E-state index contributed by atoms with van der Waals surface area (Å²) in [5.41, 5.74) is 0. The molecule has 0 unspecified atom stereocenters. The Morgan fingerprint density at radius 3 is 2.41 bits per heavy atom. The van der Waals surface area contributed by atoms with Crippen molar-refractivity contribution in [2.24, 2.45) is 4.99 Å². The highest BCUT2D eigenvalue weighted by molar-refractivity contribution is 14.0. The zero-order valence-electron chi connectivity index (χ0n) is 17.0. The number of hydrogen-bond acceptors (Lipinski definition) is 4. The van der Waals surface area contributed by atoms with Crippen molar-refractivity contribution in [3.05, 3.63) is 30.3 Å². The van der Waals surface area contributed by atoms with Gasteiger partial charge in [0.05, 0.1) is 6.54 Å². The SMILES string of the molecule is CN=C(NCCN(C)CC(F)(F)F)N1CCN(CCOc2ccccc2)CC1.I. The van der Waals surface area contributed by atoms with Gasteiger partial charge in [0, 0.05) is 52.9 Å². The topological polar surface area (TPSA) is 43.3 Å². The van der Waals surface area contributed by atoms with Gasteiger partial charge in [-0.2, -0.15) is 13.2 Å². The molecule has 1 aliphatic heterocycles. The molecule has 1 saturated heterocycles. The van der Waals surface area contributed by atoms with E-state index in [9.17, 15) is 13.2 Å². The van der Waals surface area contributed by atoms with Crippen molar-refractivity contribution in [1.29, 1.82) is 0 Å². The van der Waals surface area contributed by atoms with Crippen LogP contribution >= 0.6 is 24.0 Å². The van der Waals surface area contributed by atoms with Crippen molar-refractivity contribution in [1.82, 2.24) is 20.0 Å². The number of aliphatic imine (C=N–C) groups is 1. The molecule has 1 aromatic carbocycles. The van der Waals surface area contributed by atoms with Crippen molar-refractivity contribution in [3.8, 4) is 5.75 Å². The molecule has 166 valence electrons. The molecule has 0 radical (unpaired) electrons. The van der Waals surface area contributed by atoms with Crippen LogP contribution in [0.15, 0.2) is 35.3 Å². The van der Waals surface area contributed by atoms with Crippen LogP contribution in [-0.4, -0.2) is 99.9 Å². The van der Waals surface area contributed by atoms with Gasteiger partial charge in [-0.15, -0.1) is 24.0 Å². The van der Waals surface area contributed by atoms with E-state index in [0.29, 0.717) is 19.7 Å². The van der Waals surface area contributed by atoms with Gasteiger partial charge in [0.15, 0.2) is 5.96 Å². The number of rotatable bonds is 8. The summed E-state index contributed by atoms with van der Waals surface area (Å²) in [6.45, 7) is 4.75. The lowest BCUT2D eigenvalue weighted by Gasteiger charge is -2.36. The molecule has 1 fully saturated rings. The van der Waals surface area contributed by atoms with E-state index in [0.717, 1.165) is 44.4 Å². The monoisotopic (exact) mass is 529 g/mol. The zero-order chi connectivity index (χ0) is 20.4. The molecule has 0 atom stereocenters. The first-order valence-electron chi connectivity index (χ1n) is 9.48. The Morgan fingerprint density at radius 2 is 1.83 bits per heavy atom. The number of piperazine rings is 1. The largest absolute Gasteiger partial charge is 0.492 e. The Hall–Kier alpha value is -1.27. The summed E-state index contributed by atoms with van der Waals surface area (Å²) in [7, 11) is 3.16. The molecule has 1 heterocycles. The lowest BCUT2D eigenvalue weighted by atomic mass is 10.3. The first kappa shape index (κ1) is 25.8. The van der Waals surface area contributed by atoms with E-state index in [1.54, 1.807) is 7.05 Å². The van der Waals surface area contributed by atoms with Crippen LogP contribution in [0.5, 0.6) is 5.75 Å². The van der Waals surface area contributed by atoms with E-state index < -0.39 is 12.7 Å². The van der Waals surface area contributed by atoms with E-state index in [1.807, 2.05) is 30.3 Å². The fourth-order valence-electron chi connectivity index (χ4n) is 3.07. The number of likely N-dealkylation sites (N-methyl/N-ethyl adjacent to an activating group) is 1. The number of nitrogens with one attached hydrogen (secondary N) is 1. The number of halogens is 4. The normalized spacial score (nSPS) is 15.9. The van der Waals surface area contributed by atoms with Crippen LogP contribution in [-0.2, 0) is 0 Å². The highest BCUT2D eigenvalue weighted by Crippen LogP contribution is 2.15. The summed E-state index contributed by atoms with van der Waals surface area (Å²) in [5, 5.41) is 3.16. The van der Waals surface area contributed by atoms with Gasteiger partial charge in [-0.1, -0.05) is 18.2 Å². The third-order valence-corrected chi connectivity index (χ3v) is 4.53. The number of hydrogen-bond donors (Lipinski definition) is 1. The number of guanidine groups is 1. The molecule has 0 aromatic heterocycles. The molecular weight excluding hydrogens is 498 g/mol. The Kier molecular flexibility index (Phi) is 11.7. The van der Waals surface area contributed by atoms with E-state index in [-0.39, 0.29) is 24.0 Å². The zero-order valence-corrected chi connectivity index (χ0v) is 19.3. The third kappa shape index (κ3) is 10.4. The lowest BCUT2D eigenvalue weighted by Crippen LogP contribution is -2.53. The predicted molar refractivity (Wildman–Crippen MR) is 120 cm³/mol. The molecule has 0 spiro atoms. The van der Waals surface area contributed by atoms with Gasteiger partial charge in [-0.3, -0.25) is 14.8 Å². The van der Waals surface area contributed by atoms with Crippen molar-refractivity contribution in [2.45, 2.75) is 6.18 Å². The molecule has 29 heavy (non-hydrogen) atoms. The third-order valence-electron chi connectivity index (χ3n) is 4.53. The second kappa shape index (κ2) is 13.1. The van der Waals surface area contributed by atoms with Crippen LogP contribution < -0.4 is 10.1 Å². The van der Waals surface area contributed by atoms with Crippen LogP contribution in [0.1, 0.15) is 0 Å². The molecule has 0 aliphatic carbocycles. The quantitative estimate of drug-likeness (QED) is 0.319. The first-order valence-corrected chi connectivity index (χ1v) is 9.48. The minimum Gasteiger partial charge on any atom is -0.492 e. The Morgan fingerprint density at radius 1 is 1.17 bits per heavy atom. The van der Waals surface area contributed by atoms with E-state index in [4.69, 9.17) is 4.74 Å². The van der Waals surface area contributed by atoms with Gasteiger partial charge in [0.1, 0.15) is 12.4 Å². The molecule has 0 amide bonds. The van der Waals surface area contributed by atoms with Crippen LogP contribution in [0.3, 0.4) is 0 Å². The van der Waals surface area contributed by atoms with Gasteiger partial charge in [0.2, 0.25) is 0 Å². The van der Waals surface area contributed by atoms with Crippen LogP contribution in [0, 0.1) is 0 Å². The van der Waals surface area contributed by atoms with Crippen molar-refractivity contribution in [3.63, 3.8) is 0 Å². The highest BCUT2D eigenvalue weighted by atomic mass is 127. The number of para-hydroxylation sites is 1. The maximum atomic E-state index is 12.4. The fraction of sp³-hybridized carbons (Fsp3) is 0.632. The average Bonchev–Trinajstić information content (AvgIpc) is 2.65. The molecule has 0 bridgehead atoms. The van der Waals surface area contributed by atoms with E-state index in [2.05, 4.69) is 20.1 Å². The smallest absolute Gasteiger partial charge is 0.401 e. The van der Waals surface area contributed by atoms with Crippen LogP contribution in [0.2, 0.25) is 0 Å². The van der Waals surface area contributed by atoms with Gasteiger partial charge >= 0.3 is 6.18 Å². The number of alkyl halides is 3. The van der Waals surface area contributed by atoms with Crippen LogP contribution in [0.4, 0.5) is 13.2 Å². The molecule has 0 saturated carbocycles. The average molecular weight is 529 g/mol. The molecule has 1 N–H and O–H groups in total. The van der Waals surface area contributed by atoms with Gasteiger partial charge < -0.3 is 15.0 Å². The number of ether oxygens (including phenoxy) is 1. The summed E-state index contributed by atoms with van der Waals surface area (Å²) in [4.78, 5) is 9.99. The summed E-state index contributed by atoms with van der Waals surface area (Å²) in [6, 6.07) is 9.75. The molecule has 10 heteroatoms. The Labute approximate surface area is 188 Å². The fourth-order valence-corrected chi connectivity index (χ4v) is 3.07. The minimum atomic E-state index is -4.17. The molecular formula is C19H31F3IN5O. The van der Waals surface area contributed by atoms with Crippen molar-refractivity contribution >= 4 is 29.9 Å². The van der Waals surface area contributed by atoms with Crippen molar-refractivity contribution < 1.29 is 17.9 Å². The van der Waals surface area contributed by atoms with Crippen LogP contribution in [0.25, 0.3) is 0 Å². The Bertz CT molecular complexity index is 595. The van der Waals surface area contributed by atoms with E-state index in [1.165, 1.54) is 11.9 Å². The predicted octanol–water partition coefficient (Wildman–Crippen LogP) is 2.37. The van der Waals surface area contributed by atoms with Crippen molar-refractivity contribution in [2.75, 3.05) is 73.1 Å². The summed E-state index contributed by atoms with van der Waals surface area (Å²) in [5.74, 6) is 1.61. The second-order valence-electron chi connectivity index (χ2n) is 6.82. The minimum absolute atomic E-state index is 0. The molecule has 2 rings (SSSR count). The first-order chi connectivity index (χ1) is 13.4. The maximum absolute atomic E-state index is 12.4. The van der Waals surface area contributed by atoms with Gasteiger partial charge in [-0.05, 0) is 19.2 Å². The van der Waals surface area contributed by atoms with Gasteiger partial charge in [-0.25, -0.2) is 0 Å². The Balaban J connectivity index is 0.00000420. The molecule has 1 aliphatic rings. The number of benzene rings is 1. The summed E-state index contributed by atoms with van der Waals surface area (Å²) < 4.78 is 42.8. The molecule has 1 aromatic rings. The maximum Gasteiger partial charge on any atom is 0.401 e. The number of nitrogens with zero attached hydrogens (tertiary/aromatic N) is 4. The highest BCUT2D eigenvalue weighted by Gasteiger charge is 2.29. The lowest BCUT2D eigenvalue weighted by molar-refractivity contribution is -0.142. The van der Waals surface area contributed by atoms with E-state index >= 15 is 0 Å². The summed E-state index contributed by atoms with van der Waals surface area (Å²) in [6.07, 6.45) is -4.17. The van der Waals surface area contributed by atoms with Gasteiger partial charge in [0.25, 0.3) is 0 Å². The molecule has 6 nitrogen and oxygen atoms in total. The summed E-state index contributed by atoms with van der Waals surface area (Å²) >= 11 is 0. The standard InChI is InChI=1S/C19H30F3N5O.HI/c1-23-18(24-8-9-25(2)16-19(20,21)22)27-12-10-26(11-13-27)14-15-28-17-6-4-3-5-7-17;/h3-7H,8-16H2,1-2H3,(H,23,24);1H.